The summed E-state index contributed by atoms with van der Waals surface area (Å²) >= 11 is 0. The molecule has 0 heterocycles. The van der Waals surface area contributed by atoms with Gasteiger partial charge in [0.15, 0.2) is 0 Å². The quantitative estimate of drug-likeness (QED) is 0.711. The van der Waals surface area contributed by atoms with Gasteiger partial charge in [0.25, 0.3) is 0 Å². The molecule has 98 valence electrons. The van der Waals surface area contributed by atoms with Gasteiger partial charge >= 0.3 is 5.97 Å². The van der Waals surface area contributed by atoms with E-state index in [4.69, 9.17) is 9.47 Å². The van der Waals surface area contributed by atoms with Crippen LogP contribution in [0.4, 0.5) is 0 Å². The van der Waals surface area contributed by atoms with Crippen molar-refractivity contribution in [2.45, 2.75) is 45.6 Å². The van der Waals surface area contributed by atoms with Crippen LogP contribution in [0, 0.1) is 23.2 Å². The van der Waals surface area contributed by atoms with E-state index in [9.17, 15) is 4.79 Å². The summed E-state index contributed by atoms with van der Waals surface area (Å²) in [6.07, 6.45) is 3.27. The third kappa shape index (κ3) is 1.55. The molecule has 0 spiro atoms. The normalized spacial score (nSPS) is 44.4. The van der Waals surface area contributed by atoms with Gasteiger partial charge in [0.05, 0.1) is 18.6 Å². The highest BCUT2D eigenvalue weighted by molar-refractivity contribution is 5.80. The van der Waals surface area contributed by atoms with Crippen molar-refractivity contribution in [3.63, 3.8) is 0 Å². The van der Waals surface area contributed by atoms with Crippen molar-refractivity contribution in [2.75, 3.05) is 14.2 Å². The van der Waals surface area contributed by atoms with E-state index < -0.39 is 0 Å². The Kier molecular flexibility index (Phi) is 3.01. The third-order valence-electron chi connectivity index (χ3n) is 5.33. The Hall–Kier alpha value is -0.570. The highest BCUT2D eigenvalue weighted by Crippen LogP contribution is 2.72. The Bertz CT molecular complexity index is 325. The van der Waals surface area contributed by atoms with Crippen LogP contribution in [0.1, 0.15) is 40.0 Å². The zero-order chi connectivity index (χ0) is 12.8. The lowest BCUT2D eigenvalue weighted by Gasteiger charge is -2.34. The predicted octanol–water partition coefficient (Wildman–Crippen LogP) is 2.64. The monoisotopic (exact) mass is 240 g/mol. The topological polar surface area (TPSA) is 35.5 Å². The minimum atomic E-state index is -0.257. The van der Waals surface area contributed by atoms with Crippen LogP contribution in [0.25, 0.3) is 0 Å². The number of fused-ring (bicyclic) bond motifs is 1. The molecule has 0 aliphatic heterocycles. The minimum absolute atomic E-state index is 0.000231. The van der Waals surface area contributed by atoms with Gasteiger partial charge in [0.2, 0.25) is 0 Å². The average molecular weight is 240 g/mol. The molecule has 0 aromatic carbocycles. The van der Waals surface area contributed by atoms with Crippen LogP contribution in [-0.4, -0.2) is 25.8 Å². The molecule has 0 N–H and O–H groups in total. The standard InChI is InChI=1S/C14H24O3/c1-9(2)10-6-7-13(3)11(12(15)16-4)14(13,8-10)17-5/h9-11H,6-8H2,1-5H3/t10-,11+,13+,14+/m1/s1. The lowest BCUT2D eigenvalue weighted by atomic mass is 9.76. The summed E-state index contributed by atoms with van der Waals surface area (Å²) in [5.41, 5.74) is -0.256. The first-order chi connectivity index (χ1) is 7.93. The SMILES string of the molecule is COC(=O)[C@H]1[C@]2(C)CC[C@@H](C(C)C)C[C@]12OC. The van der Waals surface area contributed by atoms with Crippen LogP contribution in [0.15, 0.2) is 0 Å². The Morgan fingerprint density at radius 3 is 2.47 bits per heavy atom. The zero-order valence-corrected chi connectivity index (χ0v) is 11.6. The van der Waals surface area contributed by atoms with Crippen LogP contribution in [0.2, 0.25) is 0 Å². The number of methoxy groups -OCH3 is 2. The first kappa shape index (κ1) is 12.9. The van der Waals surface area contributed by atoms with Crippen LogP contribution in [0.5, 0.6) is 0 Å². The van der Waals surface area contributed by atoms with Gasteiger partial charge < -0.3 is 9.47 Å². The molecular weight excluding hydrogens is 216 g/mol. The average Bonchev–Trinajstić information content (AvgIpc) is 2.87. The van der Waals surface area contributed by atoms with Crippen molar-refractivity contribution < 1.29 is 14.3 Å². The summed E-state index contributed by atoms with van der Waals surface area (Å²) in [5.74, 6) is 1.16. The highest BCUT2D eigenvalue weighted by atomic mass is 16.5. The molecule has 2 aliphatic rings. The number of hydrogen-bond donors (Lipinski definition) is 0. The van der Waals surface area contributed by atoms with Crippen LogP contribution >= 0.6 is 0 Å². The van der Waals surface area contributed by atoms with E-state index in [1.54, 1.807) is 7.11 Å². The Labute approximate surface area is 104 Å². The molecule has 0 aromatic heterocycles. The van der Waals surface area contributed by atoms with Gasteiger partial charge in [0.1, 0.15) is 0 Å². The van der Waals surface area contributed by atoms with E-state index in [2.05, 4.69) is 20.8 Å². The predicted molar refractivity (Wildman–Crippen MR) is 65.5 cm³/mol. The fourth-order valence-corrected chi connectivity index (χ4v) is 3.98. The maximum Gasteiger partial charge on any atom is 0.312 e. The maximum absolute atomic E-state index is 11.9. The minimum Gasteiger partial charge on any atom is -0.469 e. The molecule has 17 heavy (non-hydrogen) atoms. The Morgan fingerprint density at radius 1 is 1.35 bits per heavy atom. The van der Waals surface area contributed by atoms with Crippen molar-refractivity contribution in [1.29, 1.82) is 0 Å². The Balaban J connectivity index is 2.22. The van der Waals surface area contributed by atoms with Crippen LogP contribution in [0.3, 0.4) is 0 Å². The number of carbonyl (C=O) groups excluding carboxylic acids is 1. The van der Waals surface area contributed by atoms with Crippen molar-refractivity contribution in [3.05, 3.63) is 0 Å². The molecule has 0 radical (unpaired) electrons. The number of hydrogen-bond acceptors (Lipinski definition) is 3. The number of rotatable bonds is 3. The largest absolute Gasteiger partial charge is 0.469 e. The smallest absolute Gasteiger partial charge is 0.312 e. The maximum atomic E-state index is 11.9. The van der Waals surface area contributed by atoms with Gasteiger partial charge in [-0.15, -0.1) is 0 Å². The van der Waals surface area contributed by atoms with Crippen LogP contribution in [-0.2, 0) is 14.3 Å². The Morgan fingerprint density at radius 2 is 2.00 bits per heavy atom. The van der Waals surface area contributed by atoms with E-state index in [1.807, 2.05) is 0 Å². The molecule has 2 saturated carbocycles. The third-order valence-corrected chi connectivity index (χ3v) is 5.33. The number of ether oxygens (including phenoxy) is 2. The van der Waals surface area contributed by atoms with Gasteiger partial charge in [-0.05, 0) is 31.1 Å². The molecule has 0 bridgehead atoms. The van der Waals surface area contributed by atoms with Gasteiger partial charge in [-0.25, -0.2) is 0 Å². The van der Waals surface area contributed by atoms with Crippen LogP contribution < -0.4 is 0 Å². The summed E-state index contributed by atoms with van der Waals surface area (Å²) in [6.45, 7) is 6.69. The lowest BCUT2D eigenvalue weighted by molar-refractivity contribution is -0.144. The fraction of sp³-hybridized carbons (Fsp3) is 0.929. The van der Waals surface area contributed by atoms with Crippen molar-refractivity contribution >= 4 is 5.97 Å². The van der Waals surface area contributed by atoms with Gasteiger partial charge in [-0.2, -0.15) is 0 Å². The lowest BCUT2D eigenvalue weighted by Crippen LogP contribution is -2.32. The summed E-state index contributed by atoms with van der Waals surface area (Å²) in [6, 6.07) is 0. The van der Waals surface area contributed by atoms with E-state index in [0.29, 0.717) is 11.8 Å². The van der Waals surface area contributed by atoms with E-state index in [1.165, 1.54) is 13.5 Å². The van der Waals surface area contributed by atoms with Gasteiger partial charge in [-0.3, -0.25) is 4.79 Å². The van der Waals surface area contributed by atoms with E-state index in [-0.39, 0.29) is 22.9 Å². The molecule has 4 atom stereocenters. The summed E-state index contributed by atoms with van der Waals surface area (Å²) in [7, 11) is 3.21. The molecule has 0 saturated heterocycles. The van der Waals surface area contributed by atoms with Gasteiger partial charge in [-0.1, -0.05) is 20.8 Å². The molecule has 0 aromatic rings. The number of esters is 1. The fourth-order valence-electron chi connectivity index (χ4n) is 3.98. The molecule has 0 unspecified atom stereocenters. The summed E-state index contributed by atoms with van der Waals surface area (Å²) in [5, 5.41) is 0. The van der Waals surface area contributed by atoms with E-state index in [0.717, 1.165) is 12.8 Å². The molecule has 2 fully saturated rings. The summed E-state index contributed by atoms with van der Waals surface area (Å²) < 4.78 is 10.7. The molecule has 2 rings (SSSR count). The second-order valence-corrected chi connectivity index (χ2v) is 6.21. The molecular formula is C14H24O3. The summed E-state index contributed by atoms with van der Waals surface area (Å²) in [4.78, 5) is 11.9. The zero-order valence-electron chi connectivity index (χ0n) is 11.6. The molecule has 0 amide bonds. The molecule has 2 aliphatic carbocycles. The van der Waals surface area contributed by atoms with E-state index >= 15 is 0 Å². The van der Waals surface area contributed by atoms with Gasteiger partial charge in [0, 0.05) is 12.5 Å². The molecule has 3 heteroatoms. The van der Waals surface area contributed by atoms with Crippen molar-refractivity contribution in [1.82, 2.24) is 0 Å². The highest BCUT2D eigenvalue weighted by Gasteiger charge is 2.79. The first-order valence-corrected chi connectivity index (χ1v) is 6.56. The second-order valence-electron chi connectivity index (χ2n) is 6.21. The molecule has 3 nitrogen and oxygen atoms in total. The first-order valence-electron chi connectivity index (χ1n) is 6.56. The van der Waals surface area contributed by atoms with Crippen molar-refractivity contribution in [2.24, 2.45) is 23.2 Å². The second kappa shape index (κ2) is 3.98. The number of carbonyl (C=O) groups is 1. The van der Waals surface area contributed by atoms with Crippen molar-refractivity contribution in [3.8, 4) is 0 Å².